The first-order valence-corrected chi connectivity index (χ1v) is 12.9. The Kier molecular flexibility index (Phi) is 8.65. The highest BCUT2D eigenvalue weighted by atomic mass is 32.1. The molecule has 4 rings (SSSR count). The number of thiazole rings is 2. The molecule has 15 heteroatoms. The number of urea groups is 1. The van der Waals surface area contributed by atoms with Crippen molar-refractivity contribution in [1.29, 1.82) is 0 Å². The predicted molar refractivity (Wildman–Crippen MR) is 144 cm³/mol. The Bertz CT molecular complexity index is 1510. The number of carbonyl (C=O) groups is 2. The van der Waals surface area contributed by atoms with Gasteiger partial charge in [0, 0.05) is 29.1 Å². The van der Waals surface area contributed by atoms with Crippen LogP contribution in [-0.4, -0.2) is 58.5 Å². The van der Waals surface area contributed by atoms with Crippen molar-refractivity contribution in [2.24, 2.45) is 0 Å². The number of nitrogens with one attached hydrogen (secondary N) is 3. The summed E-state index contributed by atoms with van der Waals surface area (Å²) in [6, 6.07) is 7.41. The number of aromatic nitrogens is 2. The number of hydrogen-bond acceptors (Lipinski definition) is 10. The SMILES string of the molecule is COc1cccc(C(=O)Nc2cc(-c3csc(-c4sc(NC(=O)NCC(O)CO)nc4N)n3)c(F)cc2F)c1. The molecule has 0 aliphatic carbocycles. The lowest BCUT2D eigenvalue weighted by molar-refractivity contribution is 0.0965. The maximum atomic E-state index is 14.7. The second-order valence-electron chi connectivity index (χ2n) is 7.94. The number of hydrogen-bond donors (Lipinski definition) is 6. The van der Waals surface area contributed by atoms with Gasteiger partial charge in [0.2, 0.25) is 0 Å². The number of benzene rings is 2. The molecule has 0 fully saturated rings. The van der Waals surface area contributed by atoms with Crippen molar-refractivity contribution >= 4 is 51.2 Å². The van der Waals surface area contributed by atoms with Crippen molar-refractivity contribution in [3.8, 4) is 26.9 Å². The Hall–Kier alpha value is -4.18. The number of ether oxygens (including phenoxy) is 1. The summed E-state index contributed by atoms with van der Waals surface area (Å²) in [4.78, 5) is 33.5. The molecule has 3 amide bonds. The van der Waals surface area contributed by atoms with Crippen LogP contribution in [0.2, 0.25) is 0 Å². The highest BCUT2D eigenvalue weighted by molar-refractivity contribution is 7.23. The van der Waals surface area contributed by atoms with Gasteiger partial charge in [0.25, 0.3) is 5.91 Å². The number of aliphatic hydroxyl groups is 2. The molecular weight excluding hydrogens is 554 g/mol. The van der Waals surface area contributed by atoms with Gasteiger partial charge in [0.1, 0.15) is 33.1 Å². The first-order valence-electron chi connectivity index (χ1n) is 11.2. The smallest absolute Gasteiger partial charge is 0.321 e. The van der Waals surface area contributed by atoms with Gasteiger partial charge in [-0.3, -0.25) is 10.1 Å². The minimum Gasteiger partial charge on any atom is -0.497 e. The van der Waals surface area contributed by atoms with Crippen LogP contribution in [0.5, 0.6) is 5.75 Å². The van der Waals surface area contributed by atoms with Crippen LogP contribution in [0, 0.1) is 11.6 Å². The van der Waals surface area contributed by atoms with E-state index in [2.05, 4.69) is 25.9 Å². The molecule has 2 heterocycles. The van der Waals surface area contributed by atoms with Crippen LogP contribution in [-0.2, 0) is 0 Å². The van der Waals surface area contributed by atoms with Gasteiger partial charge in [-0.15, -0.1) is 11.3 Å². The van der Waals surface area contributed by atoms with E-state index in [1.54, 1.807) is 12.1 Å². The topological polar surface area (TPSA) is 172 Å². The van der Waals surface area contributed by atoms with E-state index < -0.39 is 36.3 Å². The van der Waals surface area contributed by atoms with Gasteiger partial charge in [0.15, 0.2) is 5.13 Å². The first-order chi connectivity index (χ1) is 18.7. The predicted octanol–water partition coefficient (Wildman–Crippen LogP) is 3.53. The molecule has 0 aliphatic heterocycles. The third-order valence-corrected chi connectivity index (χ3v) is 7.18. The normalized spacial score (nSPS) is 11.6. The van der Waals surface area contributed by atoms with Crippen LogP contribution in [0.25, 0.3) is 21.1 Å². The van der Waals surface area contributed by atoms with Crippen molar-refractivity contribution in [1.82, 2.24) is 15.3 Å². The first kappa shape index (κ1) is 27.8. The third-order valence-electron chi connectivity index (χ3n) is 5.19. The number of amides is 3. The quantitative estimate of drug-likeness (QED) is 0.176. The molecule has 0 saturated carbocycles. The summed E-state index contributed by atoms with van der Waals surface area (Å²) in [7, 11) is 1.45. The Labute approximate surface area is 228 Å². The molecule has 39 heavy (non-hydrogen) atoms. The molecule has 0 spiro atoms. The van der Waals surface area contributed by atoms with Gasteiger partial charge in [-0.05, 0) is 24.3 Å². The van der Waals surface area contributed by atoms with Gasteiger partial charge in [-0.1, -0.05) is 17.4 Å². The summed E-state index contributed by atoms with van der Waals surface area (Å²) >= 11 is 2.14. The number of halogens is 2. The van der Waals surface area contributed by atoms with Crippen LogP contribution in [0.15, 0.2) is 41.8 Å². The van der Waals surface area contributed by atoms with E-state index in [4.69, 9.17) is 15.6 Å². The molecule has 1 unspecified atom stereocenters. The Morgan fingerprint density at radius 2 is 1.95 bits per heavy atom. The maximum absolute atomic E-state index is 14.7. The lowest BCUT2D eigenvalue weighted by atomic mass is 10.1. The van der Waals surface area contributed by atoms with Crippen LogP contribution < -0.4 is 26.4 Å². The van der Waals surface area contributed by atoms with E-state index in [9.17, 15) is 23.5 Å². The van der Waals surface area contributed by atoms with E-state index in [-0.39, 0.29) is 40.0 Å². The molecule has 1 atom stereocenters. The summed E-state index contributed by atoms with van der Waals surface area (Å²) < 4.78 is 34.4. The lowest BCUT2D eigenvalue weighted by Crippen LogP contribution is -2.36. The lowest BCUT2D eigenvalue weighted by Gasteiger charge is -2.10. The fraction of sp³-hybridized carbons (Fsp3) is 0.167. The summed E-state index contributed by atoms with van der Waals surface area (Å²) in [6.45, 7) is -0.678. The van der Waals surface area contributed by atoms with Crippen LogP contribution in [0.4, 0.5) is 30.2 Å². The molecule has 0 bridgehead atoms. The highest BCUT2D eigenvalue weighted by Gasteiger charge is 2.20. The zero-order chi connectivity index (χ0) is 28.1. The van der Waals surface area contributed by atoms with Gasteiger partial charge in [-0.2, -0.15) is 0 Å². The summed E-state index contributed by atoms with van der Waals surface area (Å²) in [5.74, 6) is -1.95. The van der Waals surface area contributed by atoms with Gasteiger partial charge < -0.3 is 31.3 Å². The largest absolute Gasteiger partial charge is 0.497 e. The Morgan fingerprint density at radius 1 is 1.15 bits per heavy atom. The van der Waals surface area contributed by atoms with E-state index in [0.717, 1.165) is 28.7 Å². The monoisotopic (exact) mass is 576 g/mol. The van der Waals surface area contributed by atoms with Gasteiger partial charge in [-0.25, -0.2) is 23.5 Å². The molecule has 4 aromatic rings. The zero-order valence-electron chi connectivity index (χ0n) is 20.2. The highest BCUT2D eigenvalue weighted by Crippen LogP contribution is 2.39. The Morgan fingerprint density at radius 3 is 2.69 bits per heavy atom. The van der Waals surface area contributed by atoms with E-state index in [0.29, 0.717) is 21.7 Å². The van der Waals surface area contributed by atoms with Crippen molar-refractivity contribution in [3.63, 3.8) is 0 Å². The number of aliphatic hydroxyl groups excluding tert-OH is 2. The summed E-state index contributed by atoms with van der Waals surface area (Å²) in [5.41, 5.74) is 6.08. The number of anilines is 3. The number of nitrogens with zero attached hydrogens (tertiary/aromatic N) is 2. The number of methoxy groups -OCH3 is 1. The molecule has 204 valence electrons. The minimum atomic E-state index is -1.11. The summed E-state index contributed by atoms with van der Waals surface area (Å²) in [6.07, 6.45) is -1.11. The molecule has 2 aromatic carbocycles. The fourth-order valence-corrected chi connectivity index (χ4v) is 5.06. The molecule has 2 aromatic heterocycles. The fourth-order valence-electron chi connectivity index (χ4n) is 3.26. The molecule has 0 aliphatic rings. The zero-order valence-corrected chi connectivity index (χ0v) is 21.8. The average molecular weight is 577 g/mol. The maximum Gasteiger partial charge on any atom is 0.321 e. The summed E-state index contributed by atoms with van der Waals surface area (Å²) in [5, 5.41) is 27.5. The molecular formula is C24H22F2N6O5S2. The molecule has 11 nitrogen and oxygen atoms in total. The van der Waals surface area contributed by atoms with Gasteiger partial charge >= 0.3 is 6.03 Å². The van der Waals surface area contributed by atoms with Gasteiger partial charge in [0.05, 0.1) is 31.2 Å². The number of carbonyl (C=O) groups excluding carboxylic acids is 2. The van der Waals surface area contributed by atoms with Crippen molar-refractivity contribution < 1.29 is 33.3 Å². The third kappa shape index (κ3) is 6.64. The second-order valence-corrected chi connectivity index (χ2v) is 9.80. The number of nitrogen functional groups attached to an aromatic ring is 1. The molecule has 0 radical (unpaired) electrons. The van der Waals surface area contributed by atoms with Crippen LogP contribution in [0.3, 0.4) is 0 Å². The Balaban J connectivity index is 1.53. The van der Waals surface area contributed by atoms with E-state index in [1.807, 2.05) is 0 Å². The average Bonchev–Trinajstić information content (AvgIpc) is 3.55. The molecule has 7 N–H and O–H groups in total. The number of rotatable bonds is 9. The standard InChI is InChI=1S/C24H22F2N6O5S2/c1-37-13-4-2-3-11(5-13)21(35)29-17-6-14(15(25)7-16(17)26)18-10-38-22(30-18)19-20(27)31-24(39-19)32-23(36)28-8-12(34)9-33/h2-7,10,12,33-34H,8-9,27H2,1H3,(H,29,35)(H2,28,31,32,36). The van der Waals surface area contributed by atoms with Crippen LogP contribution >= 0.6 is 22.7 Å². The number of nitrogens with two attached hydrogens (primary N) is 1. The van der Waals surface area contributed by atoms with Crippen molar-refractivity contribution in [3.05, 3.63) is 59.0 Å². The minimum absolute atomic E-state index is 0.0527. The van der Waals surface area contributed by atoms with Crippen LogP contribution in [0.1, 0.15) is 10.4 Å². The van der Waals surface area contributed by atoms with Crippen molar-refractivity contribution in [2.75, 3.05) is 36.6 Å². The molecule has 0 saturated heterocycles. The second kappa shape index (κ2) is 12.1. The van der Waals surface area contributed by atoms with Crippen molar-refractivity contribution in [2.45, 2.75) is 6.10 Å². The van der Waals surface area contributed by atoms with E-state index in [1.165, 1.54) is 24.6 Å². The van der Waals surface area contributed by atoms with E-state index >= 15 is 0 Å².